The van der Waals surface area contributed by atoms with Gasteiger partial charge in [0.25, 0.3) is 0 Å². The Balaban J connectivity index is 3.00. The molecular weight excluding hydrogens is 266 g/mol. The number of hydrogen-bond donors (Lipinski definition) is 3. The van der Waals surface area contributed by atoms with Gasteiger partial charge < -0.3 is 10.2 Å². The zero-order valence-corrected chi connectivity index (χ0v) is 11.5. The van der Waals surface area contributed by atoms with Crippen molar-refractivity contribution in [2.45, 2.75) is 19.9 Å². The number of hydrazine groups is 1. The van der Waals surface area contributed by atoms with Gasteiger partial charge in [-0.25, -0.2) is 10.8 Å². The zero-order chi connectivity index (χ0) is 15.3. The number of anilines is 2. The fourth-order valence-corrected chi connectivity index (χ4v) is 1.44. The third kappa shape index (κ3) is 3.51. The van der Waals surface area contributed by atoms with E-state index in [9.17, 15) is 14.9 Å². The average Bonchev–Trinajstić information content (AvgIpc) is 2.44. The van der Waals surface area contributed by atoms with Crippen molar-refractivity contribution in [3.05, 3.63) is 16.3 Å². The van der Waals surface area contributed by atoms with E-state index >= 15 is 0 Å². The van der Waals surface area contributed by atoms with Crippen molar-refractivity contribution in [1.82, 2.24) is 14.9 Å². The summed E-state index contributed by atoms with van der Waals surface area (Å²) < 4.78 is 0. The highest BCUT2D eigenvalue weighted by atomic mass is 16.6. The summed E-state index contributed by atoms with van der Waals surface area (Å²) in [4.78, 5) is 31.2. The minimum absolute atomic E-state index is 0.0154. The molecule has 0 radical (unpaired) electrons. The number of hydrogen-bond acceptors (Lipinski definition) is 8. The third-order valence-electron chi connectivity index (χ3n) is 2.67. The number of rotatable bonds is 6. The van der Waals surface area contributed by atoms with Crippen molar-refractivity contribution in [2.24, 2.45) is 5.84 Å². The molecule has 0 aromatic carbocycles. The number of amides is 1. The predicted octanol–water partition coefficient (Wildman–Crippen LogP) is -0.0509. The van der Waals surface area contributed by atoms with Gasteiger partial charge in [0.2, 0.25) is 17.7 Å². The lowest BCUT2D eigenvalue weighted by molar-refractivity contribution is -0.384. The molecule has 0 spiro atoms. The number of aromatic nitrogens is 2. The van der Waals surface area contributed by atoms with Crippen LogP contribution in [0, 0.1) is 10.1 Å². The minimum Gasteiger partial charge on any atom is -0.353 e. The zero-order valence-electron chi connectivity index (χ0n) is 11.5. The standard InChI is InChI=1S/C10H17N7O3/c1-4-16(3)9(18)6(2)13-8-7(17(19)20)5-12-10(14-8)15-11/h5-6H,4,11H2,1-3H3,(H2,12,13,14,15). The van der Waals surface area contributed by atoms with Gasteiger partial charge in [0.05, 0.1) is 4.92 Å². The topological polar surface area (TPSA) is 139 Å². The van der Waals surface area contributed by atoms with E-state index in [0.717, 1.165) is 6.20 Å². The first-order chi connectivity index (χ1) is 9.40. The van der Waals surface area contributed by atoms with Crippen LogP contribution in [0.15, 0.2) is 6.20 Å². The van der Waals surface area contributed by atoms with Crippen LogP contribution in [0.5, 0.6) is 0 Å². The molecule has 1 unspecified atom stereocenters. The van der Waals surface area contributed by atoms with E-state index in [1.54, 1.807) is 14.0 Å². The van der Waals surface area contributed by atoms with Gasteiger partial charge in [-0.1, -0.05) is 0 Å². The van der Waals surface area contributed by atoms with Crippen LogP contribution in [0.25, 0.3) is 0 Å². The molecule has 1 aromatic heterocycles. The fourth-order valence-electron chi connectivity index (χ4n) is 1.44. The maximum atomic E-state index is 11.9. The minimum atomic E-state index is -0.667. The van der Waals surface area contributed by atoms with Gasteiger partial charge in [-0.3, -0.25) is 20.3 Å². The van der Waals surface area contributed by atoms with Crippen LogP contribution in [0.4, 0.5) is 17.5 Å². The SMILES string of the molecule is CCN(C)C(=O)C(C)Nc1nc(NN)ncc1[N+](=O)[O-]. The van der Waals surface area contributed by atoms with Crippen LogP contribution < -0.4 is 16.6 Å². The second-order valence-electron chi connectivity index (χ2n) is 4.05. The number of carbonyl (C=O) groups excluding carboxylic acids is 1. The average molecular weight is 283 g/mol. The number of nitrogens with one attached hydrogen (secondary N) is 2. The summed E-state index contributed by atoms with van der Waals surface area (Å²) in [6, 6.07) is -0.667. The number of nitrogen functional groups attached to an aromatic ring is 1. The van der Waals surface area contributed by atoms with Crippen molar-refractivity contribution >= 4 is 23.4 Å². The highest BCUT2D eigenvalue weighted by Gasteiger charge is 2.23. The van der Waals surface area contributed by atoms with Gasteiger partial charge in [-0.2, -0.15) is 4.98 Å². The van der Waals surface area contributed by atoms with Crippen molar-refractivity contribution in [1.29, 1.82) is 0 Å². The Morgan fingerprint density at radius 2 is 2.30 bits per heavy atom. The lowest BCUT2D eigenvalue weighted by Crippen LogP contribution is -2.39. The molecule has 0 aliphatic heterocycles. The molecule has 0 aliphatic rings. The molecule has 4 N–H and O–H groups in total. The molecule has 0 saturated heterocycles. The number of nitro groups is 1. The summed E-state index contributed by atoms with van der Waals surface area (Å²) in [7, 11) is 1.64. The van der Waals surface area contributed by atoms with Crippen LogP contribution >= 0.6 is 0 Å². The Hall–Kier alpha value is -2.49. The van der Waals surface area contributed by atoms with Gasteiger partial charge >= 0.3 is 5.69 Å². The molecular formula is C10H17N7O3. The van der Waals surface area contributed by atoms with E-state index in [1.165, 1.54) is 4.90 Å². The first kappa shape index (κ1) is 15.6. The van der Waals surface area contributed by atoms with Crippen molar-refractivity contribution in [2.75, 3.05) is 24.3 Å². The van der Waals surface area contributed by atoms with Gasteiger partial charge in [0, 0.05) is 13.6 Å². The Morgan fingerprint density at radius 1 is 1.65 bits per heavy atom. The van der Waals surface area contributed by atoms with Crippen molar-refractivity contribution in [3.63, 3.8) is 0 Å². The summed E-state index contributed by atoms with van der Waals surface area (Å²) in [5.41, 5.74) is 1.86. The summed E-state index contributed by atoms with van der Waals surface area (Å²) in [5, 5.41) is 13.6. The molecule has 10 nitrogen and oxygen atoms in total. The monoisotopic (exact) mass is 283 g/mol. The predicted molar refractivity (Wildman–Crippen MR) is 72.9 cm³/mol. The van der Waals surface area contributed by atoms with E-state index < -0.39 is 11.0 Å². The van der Waals surface area contributed by atoms with Crippen LogP contribution in [-0.2, 0) is 4.79 Å². The van der Waals surface area contributed by atoms with Crippen LogP contribution in [0.1, 0.15) is 13.8 Å². The molecule has 0 saturated carbocycles. The Bertz CT molecular complexity index is 508. The Morgan fingerprint density at radius 3 is 2.80 bits per heavy atom. The van der Waals surface area contributed by atoms with E-state index in [4.69, 9.17) is 5.84 Å². The molecule has 110 valence electrons. The summed E-state index contributed by atoms with van der Waals surface area (Å²) in [5.74, 6) is 4.90. The number of nitrogens with zero attached hydrogens (tertiary/aromatic N) is 4. The lowest BCUT2D eigenvalue weighted by atomic mass is 10.3. The third-order valence-corrected chi connectivity index (χ3v) is 2.67. The normalized spacial score (nSPS) is 11.6. The number of likely N-dealkylation sites (N-methyl/N-ethyl adjacent to an activating group) is 1. The molecule has 0 aliphatic carbocycles. The molecule has 1 rings (SSSR count). The van der Waals surface area contributed by atoms with Crippen molar-refractivity contribution < 1.29 is 9.72 Å². The molecule has 20 heavy (non-hydrogen) atoms. The van der Waals surface area contributed by atoms with Crippen LogP contribution in [0.3, 0.4) is 0 Å². The lowest BCUT2D eigenvalue weighted by Gasteiger charge is -2.20. The molecule has 1 heterocycles. The summed E-state index contributed by atoms with van der Waals surface area (Å²) >= 11 is 0. The highest BCUT2D eigenvalue weighted by Crippen LogP contribution is 2.22. The van der Waals surface area contributed by atoms with E-state index in [1.807, 2.05) is 6.92 Å². The van der Waals surface area contributed by atoms with Gasteiger partial charge in [-0.15, -0.1) is 0 Å². The van der Waals surface area contributed by atoms with Gasteiger partial charge in [0.15, 0.2) is 0 Å². The van der Waals surface area contributed by atoms with Gasteiger partial charge in [-0.05, 0) is 13.8 Å². The second kappa shape index (κ2) is 6.61. The maximum absolute atomic E-state index is 11.9. The second-order valence-corrected chi connectivity index (χ2v) is 4.05. The highest BCUT2D eigenvalue weighted by molar-refractivity contribution is 5.84. The summed E-state index contributed by atoms with van der Waals surface area (Å²) in [6.45, 7) is 3.95. The van der Waals surface area contributed by atoms with E-state index in [2.05, 4.69) is 20.7 Å². The molecule has 1 aromatic rings. The first-order valence-electron chi connectivity index (χ1n) is 5.90. The number of nitrogens with two attached hydrogens (primary N) is 1. The fraction of sp³-hybridized carbons (Fsp3) is 0.500. The molecule has 1 amide bonds. The maximum Gasteiger partial charge on any atom is 0.329 e. The smallest absolute Gasteiger partial charge is 0.329 e. The van der Waals surface area contributed by atoms with E-state index in [0.29, 0.717) is 6.54 Å². The van der Waals surface area contributed by atoms with Gasteiger partial charge in [0.1, 0.15) is 12.2 Å². The summed E-state index contributed by atoms with van der Waals surface area (Å²) in [6.07, 6.45) is 1.02. The van der Waals surface area contributed by atoms with E-state index in [-0.39, 0.29) is 23.4 Å². The molecule has 0 bridgehead atoms. The molecule has 10 heteroatoms. The first-order valence-corrected chi connectivity index (χ1v) is 5.90. The molecule has 1 atom stereocenters. The van der Waals surface area contributed by atoms with Crippen LogP contribution in [-0.4, -0.2) is 45.3 Å². The Kier molecular flexibility index (Phi) is 5.15. The quantitative estimate of drug-likeness (QED) is 0.375. The van der Waals surface area contributed by atoms with Crippen molar-refractivity contribution in [3.8, 4) is 0 Å². The largest absolute Gasteiger partial charge is 0.353 e. The Labute approximate surface area is 115 Å². The number of carbonyl (C=O) groups is 1. The molecule has 0 fully saturated rings. The van der Waals surface area contributed by atoms with Crippen LogP contribution in [0.2, 0.25) is 0 Å².